The number of benzene rings is 2. The summed E-state index contributed by atoms with van der Waals surface area (Å²) in [4.78, 5) is 2.56. The van der Waals surface area contributed by atoms with Crippen LogP contribution in [-0.2, 0) is 6.54 Å². The lowest BCUT2D eigenvalue weighted by atomic mass is 10.0. The van der Waals surface area contributed by atoms with E-state index < -0.39 is 0 Å². The molecule has 0 saturated heterocycles. The first-order chi connectivity index (χ1) is 10.2. The second kappa shape index (κ2) is 5.80. The summed E-state index contributed by atoms with van der Waals surface area (Å²) in [5.41, 5.74) is 6.72. The van der Waals surface area contributed by atoms with Gasteiger partial charge in [0.2, 0.25) is 0 Å². The number of hydrogen-bond acceptors (Lipinski definition) is 2. The van der Waals surface area contributed by atoms with Crippen LogP contribution in [0.15, 0.2) is 42.5 Å². The van der Waals surface area contributed by atoms with Crippen molar-refractivity contribution in [2.45, 2.75) is 39.8 Å². The summed E-state index contributed by atoms with van der Waals surface area (Å²) in [6.07, 6.45) is 1.16. The highest BCUT2D eigenvalue weighted by Crippen LogP contribution is 2.35. The second-order valence-corrected chi connectivity index (χ2v) is 6.01. The van der Waals surface area contributed by atoms with Crippen LogP contribution in [0.25, 0.3) is 0 Å². The van der Waals surface area contributed by atoms with Gasteiger partial charge >= 0.3 is 0 Å². The Hall–Kier alpha value is -1.96. The number of nitrogens with one attached hydrogen (secondary N) is 1. The van der Waals surface area contributed by atoms with Gasteiger partial charge in [-0.25, -0.2) is 0 Å². The molecule has 0 fully saturated rings. The van der Waals surface area contributed by atoms with Crippen molar-refractivity contribution in [2.24, 2.45) is 0 Å². The van der Waals surface area contributed by atoms with E-state index in [0.29, 0.717) is 6.04 Å². The van der Waals surface area contributed by atoms with Crippen molar-refractivity contribution in [3.63, 3.8) is 0 Å². The number of anilines is 2. The van der Waals surface area contributed by atoms with Crippen LogP contribution in [0.1, 0.15) is 30.0 Å². The highest BCUT2D eigenvalue weighted by atomic mass is 15.2. The molecule has 2 aromatic rings. The first-order valence-electron chi connectivity index (χ1n) is 7.84. The molecule has 0 bridgehead atoms. The maximum atomic E-state index is 3.61. The average Bonchev–Trinajstić information content (AvgIpc) is 2.50. The Kier molecular flexibility index (Phi) is 3.87. The minimum Gasteiger partial charge on any atom is -0.381 e. The van der Waals surface area contributed by atoms with Crippen LogP contribution in [0.4, 0.5) is 11.4 Å². The lowest BCUT2D eigenvalue weighted by Crippen LogP contribution is -2.43. The fourth-order valence-electron chi connectivity index (χ4n) is 3.07. The molecular weight excluding hydrogens is 256 g/mol. The molecule has 0 radical (unpaired) electrons. The molecule has 0 saturated carbocycles. The summed E-state index contributed by atoms with van der Waals surface area (Å²) in [6.45, 7) is 8.67. The molecule has 2 aromatic carbocycles. The van der Waals surface area contributed by atoms with E-state index >= 15 is 0 Å². The van der Waals surface area contributed by atoms with Gasteiger partial charge in [-0.15, -0.1) is 0 Å². The van der Waals surface area contributed by atoms with Gasteiger partial charge in [0.15, 0.2) is 0 Å². The van der Waals surface area contributed by atoms with Crippen LogP contribution in [0, 0.1) is 13.8 Å². The van der Waals surface area contributed by atoms with Crippen LogP contribution >= 0.6 is 0 Å². The summed E-state index contributed by atoms with van der Waals surface area (Å²) in [5.74, 6) is 0. The maximum absolute atomic E-state index is 3.61. The minimum absolute atomic E-state index is 0.555. The highest BCUT2D eigenvalue weighted by molar-refractivity contribution is 5.75. The number of hydrogen-bond donors (Lipinski definition) is 1. The standard InChI is InChI=1S/C19H24N2/c1-4-17-12-20-18-10-14(2)15(3)11-19(18)21(17)13-16-8-6-5-7-9-16/h5-11,17,20H,4,12-13H2,1-3H3. The van der Waals surface area contributed by atoms with E-state index in [4.69, 9.17) is 0 Å². The lowest BCUT2D eigenvalue weighted by Gasteiger charge is -2.39. The number of rotatable bonds is 3. The van der Waals surface area contributed by atoms with Crippen LogP contribution in [-0.4, -0.2) is 12.6 Å². The topological polar surface area (TPSA) is 15.3 Å². The van der Waals surface area contributed by atoms with E-state index in [0.717, 1.165) is 19.5 Å². The molecule has 1 atom stereocenters. The van der Waals surface area contributed by atoms with Gasteiger partial charge < -0.3 is 10.2 Å². The van der Waals surface area contributed by atoms with Crippen molar-refractivity contribution in [3.8, 4) is 0 Å². The van der Waals surface area contributed by atoms with Crippen LogP contribution in [0.3, 0.4) is 0 Å². The van der Waals surface area contributed by atoms with Crippen molar-refractivity contribution >= 4 is 11.4 Å². The molecule has 1 N–H and O–H groups in total. The summed E-state index contributed by atoms with van der Waals surface area (Å²) in [6, 6.07) is 15.9. The maximum Gasteiger partial charge on any atom is 0.0611 e. The third-order valence-electron chi connectivity index (χ3n) is 4.56. The van der Waals surface area contributed by atoms with E-state index in [1.807, 2.05) is 0 Å². The van der Waals surface area contributed by atoms with Gasteiger partial charge in [-0.2, -0.15) is 0 Å². The average molecular weight is 280 g/mol. The fraction of sp³-hybridized carbons (Fsp3) is 0.368. The minimum atomic E-state index is 0.555. The third kappa shape index (κ3) is 2.76. The molecule has 1 heterocycles. The quantitative estimate of drug-likeness (QED) is 0.889. The Balaban J connectivity index is 1.98. The van der Waals surface area contributed by atoms with Gasteiger partial charge in [-0.05, 0) is 49.1 Å². The van der Waals surface area contributed by atoms with Gasteiger partial charge in [0.25, 0.3) is 0 Å². The first kappa shape index (κ1) is 14.0. The van der Waals surface area contributed by atoms with Crippen molar-refractivity contribution in [3.05, 3.63) is 59.2 Å². The molecule has 21 heavy (non-hydrogen) atoms. The normalized spacial score (nSPS) is 17.3. The van der Waals surface area contributed by atoms with Crippen molar-refractivity contribution in [1.82, 2.24) is 0 Å². The van der Waals surface area contributed by atoms with E-state index in [1.165, 1.54) is 28.1 Å². The second-order valence-electron chi connectivity index (χ2n) is 6.01. The first-order valence-corrected chi connectivity index (χ1v) is 7.84. The van der Waals surface area contributed by atoms with E-state index in [-0.39, 0.29) is 0 Å². The van der Waals surface area contributed by atoms with Crippen molar-refractivity contribution in [1.29, 1.82) is 0 Å². The van der Waals surface area contributed by atoms with Gasteiger partial charge in [0.05, 0.1) is 11.4 Å². The predicted molar refractivity (Wildman–Crippen MR) is 91.1 cm³/mol. The number of nitrogens with zero attached hydrogens (tertiary/aromatic N) is 1. The van der Waals surface area contributed by atoms with E-state index in [9.17, 15) is 0 Å². The van der Waals surface area contributed by atoms with Gasteiger partial charge in [0, 0.05) is 19.1 Å². The summed E-state index contributed by atoms with van der Waals surface area (Å²) >= 11 is 0. The molecule has 0 aliphatic carbocycles. The van der Waals surface area contributed by atoms with E-state index in [1.54, 1.807) is 0 Å². The zero-order valence-corrected chi connectivity index (χ0v) is 13.2. The third-order valence-corrected chi connectivity index (χ3v) is 4.56. The number of aryl methyl sites for hydroxylation is 2. The SMILES string of the molecule is CCC1CNc2cc(C)c(C)cc2N1Cc1ccccc1. The number of fused-ring (bicyclic) bond motifs is 1. The highest BCUT2D eigenvalue weighted by Gasteiger charge is 2.25. The van der Waals surface area contributed by atoms with E-state index in [2.05, 4.69) is 73.5 Å². The Morgan fingerprint density at radius 3 is 2.52 bits per heavy atom. The van der Waals surface area contributed by atoms with Crippen LogP contribution in [0.2, 0.25) is 0 Å². The van der Waals surface area contributed by atoms with Crippen LogP contribution < -0.4 is 10.2 Å². The van der Waals surface area contributed by atoms with Crippen LogP contribution in [0.5, 0.6) is 0 Å². The van der Waals surface area contributed by atoms with Gasteiger partial charge in [0.1, 0.15) is 0 Å². The molecule has 1 aliphatic heterocycles. The molecule has 1 aliphatic rings. The zero-order chi connectivity index (χ0) is 14.8. The smallest absolute Gasteiger partial charge is 0.0611 e. The zero-order valence-electron chi connectivity index (χ0n) is 13.2. The molecule has 2 nitrogen and oxygen atoms in total. The molecule has 3 rings (SSSR count). The van der Waals surface area contributed by atoms with Gasteiger partial charge in [-0.3, -0.25) is 0 Å². The Labute approximate surface area is 127 Å². The monoisotopic (exact) mass is 280 g/mol. The molecule has 0 amide bonds. The molecule has 0 spiro atoms. The summed E-state index contributed by atoms with van der Waals surface area (Å²) in [7, 11) is 0. The summed E-state index contributed by atoms with van der Waals surface area (Å²) < 4.78 is 0. The molecule has 110 valence electrons. The predicted octanol–water partition coefficient (Wildman–Crippen LogP) is 4.51. The van der Waals surface area contributed by atoms with Crippen molar-refractivity contribution in [2.75, 3.05) is 16.8 Å². The summed E-state index contributed by atoms with van der Waals surface area (Å²) in [5, 5.41) is 3.61. The largest absolute Gasteiger partial charge is 0.381 e. The molecular formula is C19H24N2. The Morgan fingerprint density at radius 1 is 1.10 bits per heavy atom. The van der Waals surface area contributed by atoms with Gasteiger partial charge in [-0.1, -0.05) is 37.3 Å². The molecule has 1 unspecified atom stereocenters. The molecule has 2 heteroatoms. The lowest BCUT2D eigenvalue weighted by molar-refractivity contribution is 0.580. The Morgan fingerprint density at radius 2 is 1.81 bits per heavy atom. The van der Waals surface area contributed by atoms with Crippen molar-refractivity contribution < 1.29 is 0 Å². The fourth-order valence-corrected chi connectivity index (χ4v) is 3.07. The Bertz CT molecular complexity index is 619. The molecule has 0 aromatic heterocycles.